The van der Waals surface area contributed by atoms with E-state index in [1.54, 1.807) is 43.4 Å². The third kappa shape index (κ3) is 3.86. The molecule has 0 aliphatic rings. The highest BCUT2D eigenvalue weighted by Crippen LogP contribution is 2.23. The highest BCUT2D eigenvalue weighted by atomic mass is 35.5. The number of hydrogen-bond acceptors (Lipinski definition) is 3. The molecule has 21 heavy (non-hydrogen) atoms. The molecule has 6 heteroatoms. The summed E-state index contributed by atoms with van der Waals surface area (Å²) in [5, 5.41) is 3.13. The molecule has 0 bridgehead atoms. The summed E-state index contributed by atoms with van der Waals surface area (Å²) in [4.78, 5) is 13.5. The molecule has 110 valence electrons. The van der Waals surface area contributed by atoms with Gasteiger partial charge in [-0.15, -0.1) is 0 Å². The van der Waals surface area contributed by atoms with Gasteiger partial charge < -0.3 is 16.0 Å². The fourth-order valence-electron chi connectivity index (χ4n) is 1.89. The predicted molar refractivity (Wildman–Crippen MR) is 84.2 cm³/mol. The Hall–Kier alpha value is -2.27. The van der Waals surface area contributed by atoms with Gasteiger partial charge in [0.25, 0.3) is 0 Å². The number of nitrogens with two attached hydrogens (primary N) is 1. The second kappa shape index (κ2) is 6.45. The number of nitrogen functional groups attached to an aromatic ring is 1. The normalized spacial score (nSPS) is 10.2. The van der Waals surface area contributed by atoms with Crippen molar-refractivity contribution in [2.45, 2.75) is 0 Å². The molecule has 0 radical (unpaired) electrons. The molecule has 3 N–H and O–H groups in total. The van der Waals surface area contributed by atoms with Gasteiger partial charge in [0.05, 0.1) is 23.6 Å². The van der Waals surface area contributed by atoms with Crippen molar-refractivity contribution in [1.29, 1.82) is 0 Å². The lowest BCUT2D eigenvalue weighted by Crippen LogP contribution is -2.30. The Morgan fingerprint density at radius 3 is 2.76 bits per heavy atom. The van der Waals surface area contributed by atoms with Crippen LogP contribution in [-0.2, 0) is 4.79 Å². The van der Waals surface area contributed by atoms with Crippen molar-refractivity contribution in [3.8, 4) is 0 Å². The molecule has 0 aliphatic heterocycles. The molecule has 0 heterocycles. The van der Waals surface area contributed by atoms with E-state index in [4.69, 9.17) is 17.3 Å². The van der Waals surface area contributed by atoms with Gasteiger partial charge in [-0.25, -0.2) is 4.39 Å². The standard InChI is InChI=1S/C15H15ClFN3O/c1-20(14-5-3-2-4-11(14)17)9-15(21)19-13-8-10(16)6-7-12(13)18/h2-8H,9,18H2,1H3,(H,19,21). The van der Waals surface area contributed by atoms with Gasteiger partial charge in [0.2, 0.25) is 5.91 Å². The molecule has 2 rings (SSSR count). The molecule has 0 aliphatic carbocycles. The molecular weight excluding hydrogens is 293 g/mol. The van der Waals surface area contributed by atoms with Crippen molar-refractivity contribution in [2.75, 3.05) is 29.5 Å². The van der Waals surface area contributed by atoms with Crippen LogP contribution in [0.2, 0.25) is 5.02 Å². The maximum absolute atomic E-state index is 13.6. The number of rotatable bonds is 4. The van der Waals surface area contributed by atoms with Crippen molar-refractivity contribution in [3.63, 3.8) is 0 Å². The topological polar surface area (TPSA) is 58.4 Å². The van der Waals surface area contributed by atoms with Crippen LogP contribution in [0, 0.1) is 5.82 Å². The molecule has 0 atom stereocenters. The molecule has 2 aromatic carbocycles. The Kier molecular flexibility index (Phi) is 4.65. The second-order valence-corrected chi connectivity index (χ2v) is 5.02. The number of amides is 1. The molecule has 1 amide bonds. The molecule has 0 saturated carbocycles. The van der Waals surface area contributed by atoms with E-state index in [0.717, 1.165) is 0 Å². The van der Waals surface area contributed by atoms with Gasteiger partial charge in [0.1, 0.15) is 5.82 Å². The molecule has 4 nitrogen and oxygen atoms in total. The summed E-state index contributed by atoms with van der Waals surface area (Å²) < 4.78 is 13.6. The van der Waals surface area contributed by atoms with Gasteiger partial charge in [0, 0.05) is 12.1 Å². The molecule has 0 spiro atoms. The number of anilines is 3. The van der Waals surface area contributed by atoms with Crippen LogP contribution >= 0.6 is 11.6 Å². The number of hydrogen-bond donors (Lipinski definition) is 2. The minimum Gasteiger partial charge on any atom is -0.397 e. The second-order valence-electron chi connectivity index (χ2n) is 4.59. The van der Waals surface area contributed by atoms with E-state index in [9.17, 15) is 9.18 Å². The number of para-hydroxylation sites is 1. The Balaban J connectivity index is 2.05. The fourth-order valence-corrected chi connectivity index (χ4v) is 2.06. The molecule has 0 unspecified atom stereocenters. The number of nitrogens with zero attached hydrogens (tertiary/aromatic N) is 1. The fraction of sp³-hybridized carbons (Fsp3) is 0.133. The number of carbonyl (C=O) groups is 1. The van der Waals surface area contributed by atoms with Gasteiger partial charge >= 0.3 is 0 Å². The van der Waals surface area contributed by atoms with Crippen molar-refractivity contribution >= 4 is 34.6 Å². The van der Waals surface area contributed by atoms with Crippen molar-refractivity contribution in [2.24, 2.45) is 0 Å². The van der Waals surface area contributed by atoms with Crippen LogP contribution < -0.4 is 16.0 Å². The summed E-state index contributed by atoms with van der Waals surface area (Å²) in [5.41, 5.74) is 6.97. The van der Waals surface area contributed by atoms with Gasteiger partial charge in [-0.1, -0.05) is 23.7 Å². The quantitative estimate of drug-likeness (QED) is 0.853. The Morgan fingerprint density at radius 2 is 2.05 bits per heavy atom. The average molecular weight is 308 g/mol. The molecular formula is C15H15ClFN3O. The molecule has 2 aromatic rings. The minimum atomic E-state index is -0.380. The van der Waals surface area contributed by atoms with Gasteiger partial charge in [-0.3, -0.25) is 4.79 Å². The van der Waals surface area contributed by atoms with Crippen molar-refractivity contribution in [3.05, 3.63) is 53.3 Å². The van der Waals surface area contributed by atoms with E-state index in [-0.39, 0.29) is 18.3 Å². The van der Waals surface area contributed by atoms with E-state index in [0.29, 0.717) is 22.1 Å². The highest BCUT2D eigenvalue weighted by Gasteiger charge is 2.12. The summed E-state index contributed by atoms with van der Waals surface area (Å²) >= 11 is 5.86. The monoisotopic (exact) mass is 307 g/mol. The zero-order valence-corrected chi connectivity index (χ0v) is 12.2. The van der Waals surface area contributed by atoms with Crippen molar-refractivity contribution in [1.82, 2.24) is 0 Å². The molecule has 0 fully saturated rings. The third-order valence-corrected chi connectivity index (χ3v) is 3.17. The number of nitrogens with one attached hydrogen (secondary N) is 1. The first-order chi connectivity index (χ1) is 9.97. The van der Waals surface area contributed by atoms with Crippen LogP contribution in [0.3, 0.4) is 0 Å². The Morgan fingerprint density at radius 1 is 1.33 bits per heavy atom. The van der Waals surface area contributed by atoms with Crippen LogP contribution in [0.1, 0.15) is 0 Å². The largest absolute Gasteiger partial charge is 0.397 e. The summed E-state index contributed by atoms with van der Waals surface area (Å²) in [7, 11) is 1.64. The van der Waals surface area contributed by atoms with E-state index in [1.165, 1.54) is 11.0 Å². The van der Waals surface area contributed by atoms with Crippen LogP contribution in [0.15, 0.2) is 42.5 Å². The summed E-state index contributed by atoms with van der Waals surface area (Å²) in [6, 6.07) is 11.1. The Labute approximate surface area is 127 Å². The molecule has 0 saturated heterocycles. The summed E-state index contributed by atoms with van der Waals surface area (Å²) in [6.45, 7) is -0.00706. The van der Waals surface area contributed by atoms with Crippen molar-refractivity contribution < 1.29 is 9.18 Å². The first-order valence-corrected chi connectivity index (χ1v) is 6.65. The molecule has 0 aromatic heterocycles. The lowest BCUT2D eigenvalue weighted by atomic mass is 10.2. The van der Waals surface area contributed by atoms with Gasteiger partial charge in [-0.2, -0.15) is 0 Å². The van der Waals surface area contributed by atoms with Crippen LogP contribution in [0.25, 0.3) is 0 Å². The number of benzene rings is 2. The first kappa shape index (κ1) is 15.1. The van der Waals surface area contributed by atoms with E-state index in [2.05, 4.69) is 5.32 Å². The summed E-state index contributed by atoms with van der Waals surface area (Å²) in [6.07, 6.45) is 0. The lowest BCUT2D eigenvalue weighted by Gasteiger charge is -2.19. The number of halogens is 2. The first-order valence-electron chi connectivity index (χ1n) is 6.28. The van der Waals surface area contributed by atoms with Crippen LogP contribution in [-0.4, -0.2) is 19.5 Å². The number of likely N-dealkylation sites (N-methyl/N-ethyl adjacent to an activating group) is 1. The maximum atomic E-state index is 13.6. The third-order valence-electron chi connectivity index (χ3n) is 2.93. The number of carbonyl (C=O) groups excluding carboxylic acids is 1. The Bertz CT molecular complexity index is 663. The SMILES string of the molecule is CN(CC(=O)Nc1cc(Cl)ccc1N)c1ccccc1F. The zero-order valence-electron chi connectivity index (χ0n) is 11.4. The minimum absolute atomic E-state index is 0.00706. The van der Waals surface area contributed by atoms with Crippen LogP contribution in [0.4, 0.5) is 21.5 Å². The zero-order chi connectivity index (χ0) is 15.4. The van der Waals surface area contributed by atoms with Gasteiger partial charge in [-0.05, 0) is 30.3 Å². The van der Waals surface area contributed by atoms with Crippen LogP contribution in [0.5, 0.6) is 0 Å². The van der Waals surface area contributed by atoms with Gasteiger partial charge in [0.15, 0.2) is 0 Å². The van der Waals surface area contributed by atoms with E-state index >= 15 is 0 Å². The maximum Gasteiger partial charge on any atom is 0.243 e. The summed E-state index contributed by atoms with van der Waals surface area (Å²) in [5.74, 6) is -0.690. The highest BCUT2D eigenvalue weighted by molar-refractivity contribution is 6.31. The predicted octanol–water partition coefficient (Wildman–Crippen LogP) is 3.14. The smallest absolute Gasteiger partial charge is 0.243 e. The van der Waals surface area contributed by atoms with E-state index in [1.807, 2.05) is 0 Å². The average Bonchev–Trinajstić information content (AvgIpc) is 2.43. The lowest BCUT2D eigenvalue weighted by molar-refractivity contribution is -0.114. The van der Waals surface area contributed by atoms with E-state index < -0.39 is 0 Å².